The Morgan fingerprint density at radius 2 is 1.89 bits per heavy atom. The summed E-state index contributed by atoms with van der Waals surface area (Å²) in [6, 6.07) is 4.86. The van der Waals surface area contributed by atoms with Crippen LogP contribution >= 0.6 is 23.2 Å². The van der Waals surface area contributed by atoms with Gasteiger partial charge < -0.3 is 10.2 Å². The van der Waals surface area contributed by atoms with Crippen molar-refractivity contribution >= 4 is 29.1 Å². The van der Waals surface area contributed by atoms with E-state index in [1.165, 1.54) is 0 Å². The predicted molar refractivity (Wildman–Crippen MR) is 76.6 cm³/mol. The lowest BCUT2D eigenvalue weighted by Gasteiger charge is -2.29. The van der Waals surface area contributed by atoms with Crippen LogP contribution in [0.5, 0.6) is 0 Å². The van der Waals surface area contributed by atoms with Gasteiger partial charge in [0.25, 0.3) is 5.91 Å². The molecule has 0 radical (unpaired) electrons. The van der Waals surface area contributed by atoms with Crippen LogP contribution in [0.4, 0.5) is 0 Å². The van der Waals surface area contributed by atoms with Gasteiger partial charge in [-0.1, -0.05) is 23.2 Å². The summed E-state index contributed by atoms with van der Waals surface area (Å²) in [5.41, 5.74) is 0.198. The summed E-state index contributed by atoms with van der Waals surface area (Å²) < 4.78 is 0. The van der Waals surface area contributed by atoms with E-state index in [-0.39, 0.29) is 11.4 Å². The molecular formula is C13H18Cl2N2O. The van der Waals surface area contributed by atoms with Crippen molar-refractivity contribution in [3.63, 3.8) is 0 Å². The number of nitrogens with zero attached hydrogens (tertiary/aromatic N) is 1. The highest BCUT2D eigenvalue weighted by Gasteiger charge is 2.22. The highest BCUT2D eigenvalue weighted by molar-refractivity contribution is 6.42. The number of carbonyl (C=O) groups excluding carboxylic acids is 1. The Balaban J connectivity index is 2.79. The second-order valence-electron chi connectivity index (χ2n) is 5.20. The van der Waals surface area contributed by atoms with Crippen LogP contribution in [0, 0.1) is 0 Å². The van der Waals surface area contributed by atoms with Crippen LogP contribution in [-0.2, 0) is 0 Å². The molecule has 0 fully saturated rings. The van der Waals surface area contributed by atoms with E-state index in [0.29, 0.717) is 15.6 Å². The van der Waals surface area contributed by atoms with Crippen molar-refractivity contribution in [1.82, 2.24) is 10.2 Å². The first-order valence-electron chi connectivity index (χ1n) is 5.63. The van der Waals surface area contributed by atoms with Crippen molar-refractivity contribution in [2.45, 2.75) is 19.4 Å². The fraction of sp³-hybridized carbons (Fsp3) is 0.462. The fourth-order valence-electron chi connectivity index (χ4n) is 1.85. The average Bonchev–Trinajstić information content (AvgIpc) is 2.19. The third kappa shape index (κ3) is 4.48. The minimum atomic E-state index is -0.313. The van der Waals surface area contributed by atoms with E-state index in [1.54, 1.807) is 18.2 Å². The first-order valence-corrected chi connectivity index (χ1v) is 6.39. The number of nitrogens with one attached hydrogen (secondary N) is 1. The molecule has 0 spiro atoms. The zero-order valence-corrected chi connectivity index (χ0v) is 12.6. The Kier molecular flexibility index (Phi) is 5.02. The normalized spacial score (nSPS) is 11.7. The summed E-state index contributed by atoms with van der Waals surface area (Å²) >= 11 is 11.7. The van der Waals surface area contributed by atoms with Crippen LogP contribution in [0.15, 0.2) is 18.2 Å². The van der Waals surface area contributed by atoms with E-state index in [0.717, 1.165) is 6.54 Å². The Bertz CT molecular complexity index is 445. The predicted octanol–water partition coefficient (Wildman–Crippen LogP) is 3.06. The molecule has 1 N–H and O–H groups in total. The van der Waals surface area contributed by atoms with Crippen molar-refractivity contribution in [1.29, 1.82) is 0 Å². The van der Waals surface area contributed by atoms with Gasteiger partial charge in [0.2, 0.25) is 0 Å². The molecule has 3 nitrogen and oxygen atoms in total. The smallest absolute Gasteiger partial charge is 0.251 e. The van der Waals surface area contributed by atoms with Crippen LogP contribution in [0.3, 0.4) is 0 Å². The number of rotatable bonds is 4. The van der Waals surface area contributed by atoms with E-state index in [2.05, 4.69) is 5.32 Å². The highest BCUT2D eigenvalue weighted by atomic mass is 35.5. The Labute approximate surface area is 118 Å². The molecule has 0 saturated carbocycles. The van der Waals surface area contributed by atoms with Crippen molar-refractivity contribution in [3.8, 4) is 0 Å². The van der Waals surface area contributed by atoms with Gasteiger partial charge >= 0.3 is 0 Å². The number of carbonyl (C=O) groups is 1. The number of hydrogen-bond donors (Lipinski definition) is 1. The van der Waals surface area contributed by atoms with E-state index < -0.39 is 0 Å². The first-order chi connectivity index (χ1) is 8.21. The Morgan fingerprint density at radius 1 is 1.28 bits per heavy atom. The van der Waals surface area contributed by atoms with Crippen LogP contribution < -0.4 is 5.32 Å². The monoisotopic (exact) mass is 288 g/mol. The summed E-state index contributed by atoms with van der Waals surface area (Å²) in [4.78, 5) is 14.1. The summed E-state index contributed by atoms with van der Waals surface area (Å²) in [6.45, 7) is 4.70. The number of likely N-dealkylation sites (N-methyl/N-ethyl adjacent to an activating group) is 1. The van der Waals surface area contributed by atoms with Crippen LogP contribution in [0.2, 0.25) is 10.0 Å². The third-order valence-corrected chi connectivity index (χ3v) is 3.08. The Hall–Kier alpha value is -0.770. The second-order valence-corrected chi connectivity index (χ2v) is 6.02. The molecule has 0 heterocycles. The van der Waals surface area contributed by atoms with Crippen molar-refractivity contribution in [3.05, 3.63) is 33.8 Å². The molecule has 0 atom stereocenters. The molecule has 0 unspecified atom stereocenters. The Morgan fingerprint density at radius 3 is 2.39 bits per heavy atom. The molecule has 1 aromatic rings. The van der Waals surface area contributed by atoms with Gasteiger partial charge in [0.15, 0.2) is 0 Å². The lowest BCUT2D eigenvalue weighted by molar-refractivity contribution is 0.0899. The zero-order valence-electron chi connectivity index (χ0n) is 11.1. The van der Waals surface area contributed by atoms with E-state index in [4.69, 9.17) is 23.2 Å². The van der Waals surface area contributed by atoms with Gasteiger partial charge in [-0.15, -0.1) is 0 Å². The van der Waals surface area contributed by atoms with Crippen molar-refractivity contribution < 1.29 is 4.79 Å². The summed E-state index contributed by atoms with van der Waals surface area (Å²) in [7, 11) is 3.93. The minimum Gasteiger partial charge on any atom is -0.346 e. The van der Waals surface area contributed by atoms with Gasteiger partial charge in [-0.05, 0) is 46.1 Å². The number of amides is 1. The van der Waals surface area contributed by atoms with Gasteiger partial charge in [-0.3, -0.25) is 4.79 Å². The van der Waals surface area contributed by atoms with Gasteiger partial charge in [0.05, 0.1) is 10.0 Å². The van der Waals surface area contributed by atoms with Crippen molar-refractivity contribution in [2.75, 3.05) is 20.6 Å². The van der Waals surface area contributed by atoms with Gasteiger partial charge in [0, 0.05) is 17.6 Å². The highest BCUT2D eigenvalue weighted by Crippen LogP contribution is 2.22. The molecular weight excluding hydrogens is 271 g/mol. The molecule has 1 amide bonds. The lowest BCUT2D eigenvalue weighted by atomic mass is 10.0. The van der Waals surface area contributed by atoms with E-state index in [1.807, 2.05) is 32.8 Å². The quantitative estimate of drug-likeness (QED) is 0.924. The fourth-order valence-corrected chi connectivity index (χ4v) is 2.15. The molecule has 0 aliphatic rings. The van der Waals surface area contributed by atoms with E-state index in [9.17, 15) is 4.79 Å². The maximum Gasteiger partial charge on any atom is 0.251 e. The van der Waals surface area contributed by atoms with Gasteiger partial charge in [-0.2, -0.15) is 0 Å². The minimum absolute atomic E-state index is 0.152. The van der Waals surface area contributed by atoms with Crippen LogP contribution in [-0.4, -0.2) is 37.0 Å². The number of benzene rings is 1. The SMILES string of the molecule is CN(C)CC(C)(C)NC(=O)c1ccc(Cl)c(Cl)c1. The molecule has 0 aliphatic heterocycles. The third-order valence-electron chi connectivity index (χ3n) is 2.35. The lowest BCUT2D eigenvalue weighted by Crippen LogP contribution is -2.49. The topological polar surface area (TPSA) is 32.3 Å². The molecule has 5 heteroatoms. The standard InChI is InChI=1S/C13H18Cl2N2O/c1-13(2,8-17(3)4)16-12(18)9-5-6-10(14)11(15)7-9/h5-7H,8H2,1-4H3,(H,16,18). The van der Waals surface area contributed by atoms with E-state index >= 15 is 0 Å². The summed E-state index contributed by atoms with van der Waals surface area (Å²) in [5, 5.41) is 3.80. The zero-order chi connectivity index (χ0) is 13.9. The largest absolute Gasteiger partial charge is 0.346 e. The second kappa shape index (κ2) is 5.91. The molecule has 0 saturated heterocycles. The number of halogens is 2. The number of hydrogen-bond acceptors (Lipinski definition) is 2. The molecule has 1 aromatic carbocycles. The molecule has 100 valence electrons. The molecule has 0 bridgehead atoms. The van der Waals surface area contributed by atoms with Crippen molar-refractivity contribution in [2.24, 2.45) is 0 Å². The molecule has 18 heavy (non-hydrogen) atoms. The van der Waals surface area contributed by atoms with Crippen LogP contribution in [0.25, 0.3) is 0 Å². The van der Waals surface area contributed by atoms with Gasteiger partial charge in [-0.25, -0.2) is 0 Å². The average molecular weight is 289 g/mol. The summed E-state index contributed by atoms with van der Waals surface area (Å²) in [6.07, 6.45) is 0. The molecule has 0 aromatic heterocycles. The maximum atomic E-state index is 12.1. The summed E-state index contributed by atoms with van der Waals surface area (Å²) in [5.74, 6) is -0.152. The molecule has 0 aliphatic carbocycles. The molecule has 1 rings (SSSR count). The van der Waals surface area contributed by atoms with Gasteiger partial charge in [0.1, 0.15) is 0 Å². The van der Waals surface area contributed by atoms with Crippen LogP contribution in [0.1, 0.15) is 24.2 Å². The first kappa shape index (κ1) is 15.3. The maximum absolute atomic E-state index is 12.1.